The second kappa shape index (κ2) is 9.80. The number of nitrogens with one attached hydrogen (secondary N) is 1. The topological polar surface area (TPSA) is 35.6 Å². The number of rotatable bonds is 7. The molecule has 0 saturated carbocycles. The molecule has 0 radical (unpaired) electrons. The van der Waals surface area contributed by atoms with Crippen LogP contribution in [0.2, 0.25) is 0 Å². The lowest BCUT2D eigenvalue weighted by atomic mass is 9.75. The molecule has 1 N–H and O–H groups in total. The number of fused-ring (bicyclic) bond motifs is 1. The monoisotopic (exact) mass is 431 g/mol. The van der Waals surface area contributed by atoms with Crippen molar-refractivity contribution in [2.24, 2.45) is 0 Å². The first-order chi connectivity index (χ1) is 14.1. The van der Waals surface area contributed by atoms with E-state index in [-0.39, 0.29) is 29.5 Å². The van der Waals surface area contributed by atoms with Crippen LogP contribution >= 0.6 is 12.4 Å². The standard InChI is InChI=1S/C24H30FN3O.ClH/c1-2-24(21-10-3-4-11-22(21)26-23(24)29)12-5-6-13-27-14-16-28(17-15-27)20-9-7-8-19(25)18-20;/h3-4,7-11,18H,2,5-6,12-17H2,1H3,(H,26,29);1H. The number of benzene rings is 2. The number of hydrogen-bond donors (Lipinski definition) is 1. The highest BCUT2D eigenvalue weighted by atomic mass is 35.5. The maximum absolute atomic E-state index is 13.4. The molecule has 1 fully saturated rings. The van der Waals surface area contributed by atoms with E-state index in [1.807, 2.05) is 24.3 Å². The van der Waals surface area contributed by atoms with Gasteiger partial charge in [-0.25, -0.2) is 4.39 Å². The summed E-state index contributed by atoms with van der Waals surface area (Å²) in [5, 5.41) is 3.07. The summed E-state index contributed by atoms with van der Waals surface area (Å²) in [6.45, 7) is 7.03. The smallest absolute Gasteiger partial charge is 0.235 e. The van der Waals surface area contributed by atoms with E-state index in [1.54, 1.807) is 12.1 Å². The molecule has 0 aliphatic carbocycles. The van der Waals surface area contributed by atoms with Gasteiger partial charge in [-0.2, -0.15) is 0 Å². The van der Waals surface area contributed by atoms with Crippen LogP contribution < -0.4 is 10.2 Å². The molecule has 2 aromatic carbocycles. The van der Waals surface area contributed by atoms with E-state index >= 15 is 0 Å². The first kappa shape index (κ1) is 22.6. The average Bonchev–Trinajstić information content (AvgIpc) is 3.03. The Morgan fingerprint density at radius 1 is 1.03 bits per heavy atom. The fraction of sp³-hybridized carbons (Fsp3) is 0.458. The maximum atomic E-state index is 13.4. The van der Waals surface area contributed by atoms with Crippen LogP contribution in [0.1, 0.15) is 38.2 Å². The summed E-state index contributed by atoms with van der Waals surface area (Å²) < 4.78 is 13.4. The Hall–Kier alpha value is -2.11. The average molecular weight is 432 g/mol. The molecule has 2 heterocycles. The molecule has 2 aliphatic heterocycles. The number of halogens is 2. The van der Waals surface area contributed by atoms with Gasteiger partial charge in [0.2, 0.25) is 5.91 Å². The van der Waals surface area contributed by atoms with Gasteiger partial charge in [0.1, 0.15) is 5.82 Å². The Balaban J connectivity index is 0.00000256. The van der Waals surface area contributed by atoms with Gasteiger partial charge in [0.05, 0.1) is 5.41 Å². The number of carbonyl (C=O) groups excluding carboxylic acids is 1. The van der Waals surface area contributed by atoms with Crippen LogP contribution in [0.3, 0.4) is 0 Å². The molecular formula is C24H31ClFN3O. The third kappa shape index (κ3) is 4.47. The van der Waals surface area contributed by atoms with Gasteiger partial charge in [-0.1, -0.05) is 37.6 Å². The van der Waals surface area contributed by atoms with Gasteiger partial charge in [0.25, 0.3) is 0 Å². The van der Waals surface area contributed by atoms with Crippen molar-refractivity contribution in [1.82, 2.24) is 4.90 Å². The van der Waals surface area contributed by atoms with Crippen molar-refractivity contribution in [1.29, 1.82) is 0 Å². The van der Waals surface area contributed by atoms with Crippen LogP contribution in [0.25, 0.3) is 0 Å². The lowest BCUT2D eigenvalue weighted by molar-refractivity contribution is -0.121. The molecule has 0 spiro atoms. The van der Waals surface area contributed by atoms with Gasteiger partial charge < -0.3 is 10.2 Å². The number of anilines is 2. The SMILES string of the molecule is CCC1(CCCCN2CCN(c3cccc(F)c3)CC2)C(=O)Nc2ccccc21.Cl. The van der Waals surface area contributed by atoms with Crippen LogP contribution in [0.5, 0.6) is 0 Å². The molecule has 162 valence electrons. The highest BCUT2D eigenvalue weighted by Crippen LogP contribution is 2.43. The zero-order valence-corrected chi connectivity index (χ0v) is 18.4. The predicted molar refractivity (Wildman–Crippen MR) is 123 cm³/mol. The minimum Gasteiger partial charge on any atom is -0.369 e. The summed E-state index contributed by atoms with van der Waals surface area (Å²) in [5.74, 6) is -0.0165. The largest absolute Gasteiger partial charge is 0.369 e. The van der Waals surface area contributed by atoms with Crippen molar-refractivity contribution in [2.75, 3.05) is 42.9 Å². The predicted octanol–water partition coefficient (Wildman–Crippen LogP) is 4.84. The third-order valence-corrected chi connectivity index (χ3v) is 6.60. The van der Waals surface area contributed by atoms with Crippen LogP contribution in [-0.4, -0.2) is 43.5 Å². The van der Waals surface area contributed by atoms with E-state index in [0.717, 1.165) is 75.3 Å². The molecule has 1 saturated heterocycles. The molecule has 1 atom stereocenters. The molecule has 0 bridgehead atoms. The highest BCUT2D eigenvalue weighted by molar-refractivity contribution is 6.06. The van der Waals surface area contributed by atoms with E-state index in [2.05, 4.69) is 28.1 Å². The molecule has 4 rings (SSSR count). The van der Waals surface area contributed by atoms with Gasteiger partial charge >= 0.3 is 0 Å². The molecule has 4 nitrogen and oxygen atoms in total. The van der Waals surface area contributed by atoms with Crippen molar-refractivity contribution < 1.29 is 9.18 Å². The van der Waals surface area contributed by atoms with Crippen molar-refractivity contribution in [3.05, 3.63) is 59.9 Å². The summed E-state index contributed by atoms with van der Waals surface area (Å²) in [7, 11) is 0. The fourth-order valence-electron chi connectivity index (χ4n) is 4.81. The summed E-state index contributed by atoms with van der Waals surface area (Å²) in [6.07, 6.45) is 3.87. The van der Waals surface area contributed by atoms with Gasteiger partial charge in [0, 0.05) is 37.6 Å². The first-order valence-electron chi connectivity index (χ1n) is 10.8. The zero-order chi connectivity index (χ0) is 20.3. The molecule has 2 aromatic rings. The number of para-hydroxylation sites is 1. The number of hydrogen-bond acceptors (Lipinski definition) is 3. The van der Waals surface area contributed by atoms with E-state index < -0.39 is 0 Å². The number of carbonyl (C=O) groups is 1. The third-order valence-electron chi connectivity index (χ3n) is 6.60. The molecule has 1 amide bonds. The van der Waals surface area contributed by atoms with Gasteiger partial charge in [-0.05, 0) is 55.6 Å². The second-order valence-corrected chi connectivity index (χ2v) is 8.20. The summed E-state index contributed by atoms with van der Waals surface area (Å²) >= 11 is 0. The summed E-state index contributed by atoms with van der Waals surface area (Å²) in [4.78, 5) is 17.5. The Morgan fingerprint density at radius 3 is 2.53 bits per heavy atom. The number of unbranched alkanes of at least 4 members (excludes halogenated alkanes) is 1. The molecule has 0 aromatic heterocycles. The molecular weight excluding hydrogens is 401 g/mol. The molecule has 6 heteroatoms. The van der Waals surface area contributed by atoms with Crippen molar-refractivity contribution in [2.45, 2.75) is 38.0 Å². The Bertz CT molecular complexity index is 869. The minimum atomic E-state index is -0.368. The summed E-state index contributed by atoms with van der Waals surface area (Å²) in [5.41, 5.74) is 2.75. The Labute approximate surface area is 184 Å². The van der Waals surface area contributed by atoms with E-state index in [0.29, 0.717) is 0 Å². The highest BCUT2D eigenvalue weighted by Gasteiger charge is 2.44. The van der Waals surface area contributed by atoms with Crippen LogP contribution in [0.4, 0.5) is 15.8 Å². The van der Waals surface area contributed by atoms with Crippen LogP contribution in [0, 0.1) is 5.82 Å². The van der Waals surface area contributed by atoms with E-state index in [9.17, 15) is 9.18 Å². The first-order valence-corrected chi connectivity index (χ1v) is 10.8. The lowest BCUT2D eigenvalue weighted by Crippen LogP contribution is -2.46. The Morgan fingerprint density at radius 2 is 1.80 bits per heavy atom. The molecule has 2 aliphatic rings. The van der Waals surface area contributed by atoms with Crippen molar-refractivity contribution >= 4 is 29.7 Å². The van der Waals surface area contributed by atoms with Gasteiger partial charge in [0.15, 0.2) is 0 Å². The maximum Gasteiger partial charge on any atom is 0.235 e. The van der Waals surface area contributed by atoms with Crippen LogP contribution in [-0.2, 0) is 10.2 Å². The number of amides is 1. The Kier molecular flexibility index (Phi) is 7.37. The summed E-state index contributed by atoms with van der Waals surface area (Å²) in [6, 6.07) is 15.0. The minimum absolute atomic E-state index is 0. The van der Waals surface area contributed by atoms with Gasteiger partial charge in [-0.15, -0.1) is 12.4 Å². The van der Waals surface area contributed by atoms with Crippen molar-refractivity contribution in [3.8, 4) is 0 Å². The number of nitrogens with zero attached hydrogens (tertiary/aromatic N) is 2. The lowest BCUT2D eigenvalue weighted by Gasteiger charge is -2.36. The number of piperazine rings is 1. The normalized spacial score (nSPS) is 21.1. The fourth-order valence-corrected chi connectivity index (χ4v) is 4.81. The molecule has 1 unspecified atom stereocenters. The van der Waals surface area contributed by atoms with Gasteiger partial charge in [-0.3, -0.25) is 9.69 Å². The quantitative estimate of drug-likeness (QED) is 0.637. The van der Waals surface area contributed by atoms with E-state index in [1.165, 1.54) is 6.07 Å². The zero-order valence-electron chi connectivity index (χ0n) is 17.6. The van der Waals surface area contributed by atoms with E-state index in [4.69, 9.17) is 0 Å². The van der Waals surface area contributed by atoms with Crippen LogP contribution in [0.15, 0.2) is 48.5 Å². The second-order valence-electron chi connectivity index (χ2n) is 8.20. The molecule has 30 heavy (non-hydrogen) atoms. The van der Waals surface area contributed by atoms with Crippen molar-refractivity contribution in [3.63, 3.8) is 0 Å².